The van der Waals surface area contributed by atoms with Crippen LogP contribution in [0.15, 0.2) is 12.1 Å². The number of benzene rings is 1. The maximum atomic E-state index is 12.4. The highest BCUT2D eigenvalue weighted by Gasteiger charge is 2.28. The zero-order chi connectivity index (χ0) is 15.6. The number of nitrogens with zero attached hydrogens (tertiary/aromatic N) is 1. The highest BCUT2D eigenvalue weighted by Crippen LogP contribution is 2.26. The topological polar surface area (TPSA) is 29.5 Å². The Hall–Kier alpha value is -1.22. The van der Waals surface area contributed by atoms with Gasteiger partial charge < -0.3 is 9.64 Å². The maximum absolute atomic E-state index is 12.4. The summed E-state index contributed by atoms with van der Waals surface area (Å²) in [7, 11) is 0. The summed E-state index contributed by atoms with van der Waals surface area (Å²) >= 11 is 6.14. The molecule has 1 heterocycles. The lowest BCUT2D eigenvalue weighted by atomic mass is 9.97. The second-order valence-corrected chi connectivity index (χ2v) is 6.47. The van der Waals surface area contributed by atoms with Gasteiger partial charge in [-0.1, -0.05) is 11.6 Å². The summed E-state index contributed by atoms with van der Waals surface area (Å²) in [6.07, 6.45) is 3.35. The summed E-state index contributed by atoms with van der Waals surface area (Å²) in [4.78, 5) is 14.4. The first-order valence-electron chi connectivity index (χ1n) is 7.61. The Morgan fingerprint density at radius 2 is 1.76 bits per heavy atom. The van der Waals surface area contributed by atoms with Gasteiger partial charge in [-0.15, -0.1) is 0 Å². The first-order valence-corrected chi connectivity index (χ1v) is 7.98. The molecule has 3 nitrogen and oxygen atoms in total. The van der Waals surface area contributed by atoms with E-state index >= 15 is 0 Å². The number of carbonyl (C=O) groups is 1. The molecule has 116 valence electrons. The normalized spacial score (nSPS) is 22.2. The van der Waals surface area contributed by atoms with Crippen LogP contribution in [0.3, 0.4) is 0 Å². The fourth-order valence-corrected chi connectivity index (χ4v) is 3.23. The molecule has 0 N–H and O–H groups in total. The number of likely N-dealkylation sites (tertiary alicyclic amines) is 1. The van der Waals surface area contributed by atoms with Gasteiger partial charge in [0.2, 0.25) is 0 Å². The standard InChI is InChI=1S/C17H24ClNO2/c1-11-8-15(9-12(2)17(11)18)21-10-16(20)19-13(3)6-5-7-14(19)4/h8-9,13-14H,5-7,10H2,1-4H3/t13-,14+. The highest BCUT2D eigenvalue weighted by atomic mass is 35.5. The molecule has 0 bridgehead atoms. The van der Waals surface area contributed by atoms with Gasteiger partial charge in [-0.05, 0) is 70.2 Å². The second kappa shape index (κ2) is 6.69. The van der Waals surface area contributed by atoms with Gasteiger partial charge in [0.1, 0.15) is 5.75 Å². The van der Waals surface area contributed by atoms with Crippen LogP contribution in [0.4, 0.5) is 0 Å². The van der Waals surface area contributed by atoms with Gasteiger partial charge in [0.15, 0.2) is 6.61 Å². The Morgan fingerprint density at radius 1 is 1.24 bits per heavy atom. The molecular weight excluding hydrogens is 286 g/mol. The zero-order valence-corrected chi connectivity index (χ0v) is 14.0. The molecule has 4 heteroatoms. The van der Waals surface area contributed by atoms with Crippen molar-refractivity contribution in [2.24, 2.45) is 0 Å². The van der Waals surface area contributed by atoms with Crippen molar-refractivity contribution in [1.29, 1.82) is 0 Å². The lowest BCUT2D eigenvalue weighted by Crippen LogP contribution is -2.49. The quantitative estimate of drug-likeness (QED) is 0.840. The van der Waals surface area contributed by atoms with Crippen LogP contribution in [0.25, 0.3) is 0 Å². The lowest BCUT2D eigenvalue weighted by molar-refractivity contribution is -0.139. The number of halogens is 1. The number of ether oxygens (including phenoxy) is 1. The molecule has 0 unspecified atom stereocenters. The Morgan fingerprint density at radius 3 is 2.29 bits per heavy atom. The Labute approximate surface area is 132 Å². The number of aryl methyl sites for hydroxylation is 2. The van der Waals surface area contributed by atoms with Gasteiger partial charge in [0.05, 0.1) is 0 Å². The average Bonchev–Trinajstić information content (AvgIpc) is 2.42. The van der Waals surface area contributed by atoms with Crippen molar-refractivity contribution in [3.63, 3.8) is 0 Å². The number of hydrogen-bond acceptors (Lipinski definition) is 2. The van der Waals surface area contributed by atoms with Crippen molar-refractivity contribution >= 4 is 17.5 Å². The van der Waals surface area contributed by atoms with E-state index in [4.69, 9.17) is 16.3 Å². The van der Waals surface area contributed by atoms with Gasteiger partial charge in [-0.3, -0.25) is 4.79 Å². The molecule has 2 atom stereocenters. The molecule has 1 saturated heterocycles. The van der Waals surface area contributed by atoms with Crippen molar-refractivity contribution < 1.29 is 9.53 Å². The largest absolute Gasteiger partial charge is 0.484 e. The van der Waals surface area contributed by atoms with Crippen molar-refractivity contribution in [3.05, 3.63) is 28.3 Å². The monoisotopic (exact) mass is 309 g/mol. The summed E-state index contributed by atoms with van der Waals surface area (Å²) in [6, 6.07) is 4.37. The molecular formula is C17H24ClNO2. The molecule has 1 aliphatic heterocycles. The second-order valence-electron chi connectivity index (χ2n) is 6.09. The molecule has 0 radical (unpaired) electrons. The van der Waals surface area contributed by atoms with Gasteiger partial charge in [0, 0.05) is 17.1 Å². The van der Waals surface area contributed by atoms with Crippen molar-refractivity contribution in [3.8, 4) is 5.75 Å². The van der Waals surface area contributed by atoms with E-state index in [0.717, 1.165) is 29.0 Å². The first-order chi connectivity index (χ1) is 9.90. The van der Waals surface area contributed by atoms with E-state index in [0.29, 0.717) is 17.8 Å². The molecule has 1 fully saturated rings. The summed E-state index contributed by atoms with van der Waals surface area (Å²) in [5, 5.41) is 0.756. The third kappa shape index (κ3) is 3.70. The van der Waals surface area contributed by atoms with Crippen molar-refractivity contribution in [2.75, 3.05) is 6.61 Å². The van der Waals surface area contributed by atoms with Gasteiger partial charge >= 0.3 is 0 Å². The van der Waals surface area contributed by atoms with Crippen molar-refractivity contribution in [2.45, 2.75) is 59.0 Å². The Balaban J connectivity index is 2.01. The fraction of sp³-hybridized carbons (Fsp3) is 0.588. The van der Waals surface area contributed by atoms with Gasteiger partial charge in [-0.25, -0.2) is 0 Å². The molecule has 2 rings (SSSR count). The number of piperidine rings is 1. The van der Waals surface area contributed by atoms with Crippen LogP contribution in [0, 0.1) is 13.8 Å². The molecule has 1 aliphatic rings. The predicted octanol–water partition coefficient (Wildman–Crippen LogP) is 4.13. The fourth-order valence-electron chi connectivity index (χ4n) is 3.12. The Bertz CT molecular complexity index is 497. The summed E-state index contributed by atoms with van der Waals surface area (Å²) in [6.45, 7) is 8.21. The SMILES string of the molecule is Cc1cc(OCC(=O)N2[C@H](C)CCC[C@@H]2C)cc(C)c1Cl. The molecule has 0 spiro atoms. The Kier molecular flexibility index (Phi) is 5.15. The number of amides is 1. The minimum absolute atomic E-state index is 0.0694. The van der Waals surface area contributed by atoms with Crippen molar-refractivity contribution in [1.82, 2.24) is 4.90 Å². The van der Waals surface area contributed by atoms with Crippen LogP contribution in [-0.4, -0.2) is 29.5 Å². The smallest absolute Gasteiger partial charge is 0.260 e. The molecule has 1 aromatic rings. The third-order valence-electron chi connectivity index (χ3n) is 4.25. The van der Waals surface area contributed by atoms with Crippen LogP contribution in [0.1, 0.15) is 44.2 Å². The number of rotatable bonds is 3. The van der Waals surface area contributed by atoms with Gasteiger partial charge in [0.25, 0.3) is 5.91 Å². The predicted molar refractivity (Wildman–Crippen MR) is 86.0 cm³/mol. The van der Waals surface area contributed by atoms with Gasteiger partial charge in [-0.2, -0.15) is 0 Å². The highest BCUT2D eigenvalue weighted by molar-refractivity contribution is 6.32. The zero-order valence-electron chi connectivity index (χ0n) is 13.3. The average molecular weight is 310 g/mol. The van der Waals surface area contributed by atoms with Crippen LogP contribution >= 0.6 is 11.6 Å². The number of carbonyl (C=O) groups excluding carboxylic acids is 1. The summed E-state index contributed by atoms with van der Waals surface area (Å²) in [5.74, 6) is 0.778. The first kappa shape index (κ1) is 16.2. The van der Waals surface area contributed by atoms with Crippen LogP contribution < -0.4 is 4.74 Å². The maximum Gasteiger partial charge on any atom is 0.260 e. The lowest BCUT2D eigenvalue weighted by Gasteiger charge is -2.39. The molecule has 0 aliphatic carbocycles. The van der Waals surface area contributed by atoms with E-state index in [1.807, 2.05) is 30.9 Å². The van der Waals surface area contributed by atoms with Crippen LogP contribution in [-0.2, 0) is 4.79 Å². The van der Waals surface area contributed by atoms with E-state index in [1.165, 1.54) is 6.42 Å². The number of hydrogen-bond donors (Lipinski definition) is 0. The minimum Gasteiger partial charge on any atom is -0.484 e. The van der Waals surface area contributed by atoms with E-state index in [-0.39, 0.29) is 12.5 Å². The summed E-state index contributed by atoms with van der Waals surface area (Å²) < 4.78 is 5.68. The molecule has 1 amide bonds. The van der Waals surface area contributed by atoms with E-state index in [2.05, 4.69) is 13.8 Å². The molecule has 1 aromatic carbocycles. The van der Waals surface area contributed by atoms with Crippen LogP contribution in [0.5, 0.6) is 5.75 Å². The third-order valence-corrected chi connectivity index (χ3v) is 4.85. The molecule has 0 saturated carbocycles. The van der Waals surface area contributed by atoms with E-state index < -0.39 is 0 Å². The van der Waals surface area contributed by atoms with Crippen LogP contribution in [0.2, 0.25) is 5.02 Å². The molecule has 21 heavy (non-hydrogen) atoms. The molecule has 0 aromatic heterocycles. The minimum atomic E-state index is 0.0694. The van der Waals surface area contributed by atoms with E-state index in [9.17, 15) is 4.79 Å². The summed E-state index contributed by atoms with van der Waals surface area (Å²) in [5.41, 5.74) is 1.94. The van der Waals surface area contributed by atoms with E-state index in [1.54, 1.807) is 0 Å².